The highest BCUT2D eigenvalue weighted by molar-refractivity contribution is 5.70. The number of carbonyl (C=O) groups excluding carboxylic acids is 1. The molecule has 5 heteroatoms. The van der Waals surface area contributed by atoms with Gasteiger partial charge in [-0.25, -0.2) is 4.79 Å². The summed E-state index contributed by atoms with van der Waals surface area (Å²) < 4.78 is 7.55. The molecule has 0 unspecified atom stereocenters. The minimum atomic E-state index is -0.327. The van der Waals surface area contributed by atoms with Crippen molar-refractivity contribution in [3.63, 3.8) is 0 Å². The summed E-state index contributed by atoms with van der Waals surface area (Å²) in [5, 5.41) is 0. The minimum Gasteiger partial charge on any atom is -0.410 e. The SMILES string of the molecule is CN(C)C(=O)Oc1ccccc1C[N+](C)(C)CCCCCCCCCCCC[N+](C)(C)C. The van der Waals surface area contributed by atoms with Crippen LogP contribution in [0.25, 0.3) is 0 Å². The van der Waals surface area contributed by atoms with Crippen molar-refractivity contribution in [2.24, 2.45) is 0 Å². The molecule has 0 N–H and O–H groups in total. The highest BCUT2D eigenvalue weighted by atomic mass is 16.6. The third-order valence-electron chi connectivity index (χ3n) is 5.98. The summed E-state index contributed by atoms with van der Waals surface area (Å²) in [6, 6.07) is 7.90. The fraction of sp³-hybridized carbons (Fsp3) is 0.741. The lowest BCUT2D eigenvalue weighted by Crippen LogP contribution is -2.39. The van der Waals surface area contributed by atoms with Crippen LogP contribution < -0.4 is 4.74 Å². The van der Waals surface area contributed by atoms with Crippen LogP contribution in [0.3, 0.4) is 0 Å². The minimum absolute atomic E-state index is 0.327. The highest BCUT2D eigenvalue weighted by Gasteiger charge is 2.19. The lowest BCUT2D eigenvalue weighted by molar-refractivity contribution is -0.903. The molecule has 1 amide bonds. The molecule has 0 aliphatic heterocycles. The number of quaternary nitrogens is 2. The van der Waals surface area contributed by atoms with E-state index in [0.29, 0.717) is 5.75 Å². The molecule has 1 rings (SSSR count). The number of rotatable bonds is 16. The first-order valence-corrected chi connectivity index (χ1v) is 12.6. The van der Waals surface area contributed by atoms with Gasteiger partial charge in [0.1, 0.15) is 12.3 Å². The monoisotopic (exact) mass is 449 g/mol. The van der Waals surface area contributed by atoms with E-state index in [1.807, 2.05) is 18.2 Å². The van der Waals surface area contributed by atoms with Gasteiger partial charge in [0.15, 0.2) is 0 Å². The zero-order valence-electron chi connectivity index (χ0n) is 22.2. The van der Waals surface area contributed by atoms with Crippen molar-refractivity contribution in [1.29, 1.82) is 0 Å². The van der Waals surface area contributed by atoms with Crippen molar-refractivity contribution in [1.82, 2.24) is 4.90 Å². The molecule has 0 atom stereocenters. The molecule has 184 valence electrons. The van der Waals surface area contributed by atoms with Gasteiger partial charge in [0, 0.05) is 19.7 Å². The van der Waals surface area contributed by atoms with Crippen molar-refractivity contribution in [3.8, 4) is 5.75 Å². The largest absolute Gasteiger partial charge is 0.414 e. The lowest BCUT2D eigenvalue weighted by Gasteiger charge is -2.30. The molecular formula is C27H51N3O2+2. The number of amides is 1. The Bertz CT molecular complexity index is 651. The van der Waals surface area contributed by atoms with E-state index in [1.165, 1.54) is 75.7 Å². The Labute approximate surface area is 198 Å². The van der Waals surface area contributed by atoms with Gasteiger partial charge in [-0.3, -0.25) is 0 Å². The van der Waals surface area contributed by atoms with Gasteiger partial charge >= 0.3 is 6.09 Å². The Kier molecular flexibility index (Phi) is 12.9. The molecule has 32 heavy (non-hydrogen) atoms. The van der Waals surface area contributed by atoms with E-state index in [0.717, 1.165) is 27.6 Å². The quantitative estimate of drug-likeness (QED) is 0.231. The maximum atomic E-state index is 11.9. The van der Waals surface area contributed by atoms with E-state index in [1.54, 1.807) is 14.1 Å². The molecule has 0 heterocycles. The molecule has 5 nitrogen and oxygen atoms in total. The van der Waals surface area contributed by atoms with Crippen LogP contribution in [-0.2, 0) is 6.54 Å². The van der Waals surface area contributed by atoms with Gasteiger partial charge in [0.05, 0.1) is 48.3 Å². The molecule has 0 aliphatic rings. The zero-order valence-corrected chi connectivity index (χ0v) is 22.2. The maximum Gasteiger partial charge on any atom is 0.414 e. The van der Waals surface area contributed by atoms with E-state index in [9.17, 15) is 4.79 Å². The van der Waals surface area contributed by atoms with E-state index >= 15 is 0 Å². The fourth-order valence-corrected chi connectivity index (χ4v) is 4.00. The van der Waals surface area contributed by atoms with Gasteiger partial charge in [-0.05, 0) is 37.8 Å². The van der Waals surface area contributed by atoms with Crippen LogP contribution in [0.1, 0.15) is 69.8 Å². The highest BCUT2D eigenvalue weighted by Crippen LogP contribution is 2.23. The van der Waals surface area contributed by atoms with E-state index in [-0.39, 0.29) is 6.09 Å². The summed E-state index contributed by atoms with van der Waals surface area (Å²) in [5.41, 5.74) is 1.09. The third kappa shape index (κ3) is 13.7. The Morgan fingerprint density at radius 3 is 1.72 bits per heavy atom. The van der Waals surface area contributed by atoms with Crippen LogP contribution in [0.4, 0.5) is 4.79 Å². The van der Waals surface area contributed by atoms with E-state index in [4.69, 9.17) is 4.74 Å². The van der Waals surface area contributed by atoms with Crippen LogP contribution >= 0.6 is 0 Å². The Balaban J connectivity index is 2.18. The number of ether oxygens (including phenoxy) is 1. The van der Waals surface area contributed by atoms with Crippen molar-refractivity contribution < 1.29 is 18.5 Å². The maximum absolute atomic E-state index is 11.9. The van der Waals surface area contributed by atoms with Gasteiger partial charge in [0.2, 0.25) is 0 Å². The number of nitrogens with zero attached hydrogens (tertiary/aromatic N) is 3. The molecule has 0 fully saturated rings. The van der Waals surface area contributed by atoms with Crippen LogP contribution in [-0.4, -0.2) is 82.4 Å². The summed E-state index contributed by atoms with van der Waals surface area (Å²) in [4.78, 5) is 13.4. The number of hydrogen-bond donors (Lipinski definition) is 0. The molecule has 0 aromatic heterocycles. The first kappa shape index (κ1) is 28.4. The van der Waals surface area contributed by atoms with Crippen LogP contribution in [0.5, 0.6) is 5.75 Å². The average Bonchev–Trinajstić information content (AvgIpc) is 2.69. The number of unbranched alkanes of at least 4 members (excludes halogenated alkanes) is 9. The average molecular weight is 450 g/mol. The molecule has 1 aromatic rings. The zero-order chi connectivity index (χ0) is 24.0. The Morgan fingerprint density at radius 1 is 0.750 bits per heavy atom. The first-order chi connectivity index (χ1) is 15.0. The number of benzene rings is 1. The van der Waals surface area contributed by atoms with Crippen LogP contribution in [0.15, 0.2) is 24.3 Å². The number of hydrogen-bond acceptors (Lipinski definition) is 2. The predicted molar refractivity (Wildman–Crippen MR) is 136 cm³/mol. The second-order valence-electron chi connectivity index (χ2n) is 11.2. The van der Waals surface area contributed by atoms with E-state index in [2.05, 4.69) is 41.3 Å². The van der Waals surface area contributed by atoms with Gasteiger partial charge in [-0.1, -0.05) is 50.7 Å². The molecule has 0 bridgehead atoms. The second-order valence-corrected chi connectivity index (χ2v) is 11.2. The summed E-state index contributed by atoms with van der Waals surface area (Å²) in [7, 11) is 14.8. The summed E-state index contributed by atoms with van der Waals surface area (Å²) in [6.07, 6.45) is 13.3. The van der Waals surface area contributed by atoms with Gasteiger partial charge in [-0.15, -0.1) is 0 Å². The second kappa shape index (κ2) is 14.5. The predicted octanol–water partition coefficient (Wildman–Crippen LogP) is 5.93. The molecule has 0 saturated carbocycles. The van der Waals surface area contributed by atoms with E-state index < -0.39 is 0 Å². The summed E-state index contributed by atoms with van der Waals surface area (Å²) in [5.74, 6) is 0.676. The topological polar surface area (TPSA) is 29.5 Å². The van der Waals surface area contributed by atoms with Gasteiger partial charge in [-0.2, -0.15) is 0 Å². The van der Waals surface area contributed by atoms with Crippen molar-refractivity contribution in [2.45, 2.75) is 70.8 Å². The van der Waals surface area contributed by atoms with Gasteiger partial charge in [0.25, 0.3) is 0 Å². The number of para-hydroxylation sites is 1. The summed E-state index contributed by atoms with van der Waals surface area (Å²) in [6.45, 7) is 3.30. The van der Waals surface area contributed by atoms with Crippen molar-refractivity contribution >= 4 is 6.09 Å². The fourth-order valence-electron chi connectivity index (χ4n) is 4.00. The molecule has 0 radical (unpaired) electrons. The van der Waals surface area contributed by atoms with Crippen molar-refractivity contribution in [3.05, 3.63) is 29.8 Å². The molecule has 0 spiro atoms. The molecular weight excluding hydrogens is 398 g/mol. The molecule has 0 aliphatic carbocycles. The van der Waals surface area contributed by atoms with Crippen LogP contribution in [0.2, 0.25) is 0 Å². The standard InChI is InChI=1S/C27H51N3O2/c1-28(2)27(31)32-26-21-17-16-20-25(26)24-30(6,7)23-19-15-13-11-9-8-10-12-14-18-22-29(3,4)5/h16-17,20-21H,8-15,18-19,22-24H2,1-7H3/q+2. The summed E-state index contributed by atoms with van der Waals surface area (Å²) >= 11 is 0. The normalized spacial score (nSPS) is 12.1. The molecule has 0 saturated heterocycles. The smallest absolute Gasteiger partial charge is 0.410 e. The number of carbonyl (C=O) groups is 1. The third-order valence-corrected chi connectivity index (χ3v) is 5.98. The van der Waals surface area contributed by atoms with Crippen molar-refractivity contribution in [2.75, 3.05) is 62.4 Å². The van der Waals surface area contributed by atoms with Gasteiger partial charge < -0.3 is 18.6 Å². The molecule has 1 aromatic carbocycles. The van der Waals surface area contributed by atoms with Crippen LogP contribution in [0, 0.1) is 0 Å². The first-order valence-electron chi connectivity index (χ1n) is 12.6. The lowest BCUT2D eigenvalue weighted by atomic mass is 10.1. The Morgan fingerprint density at radius 2 is 1.22 bits per heavy atom. The Hall–Kier alpha value is -1.59.